The lowest BCUT2D eigenvalue weighted by molar-refractivity contribution is -0.131. The molecule has 0 unspecified atom stereocenters. The summed E-state index contributed by atoms with van der Waals surface area (Å²) in [5, 5.41) is 2.84. The molecule has 0 aliphatic heterocycles. The number of rotatable bonds is 9. The molecule has 1 N–H and O–H groups in total. The third-order valence-electron chi connectivity index (χ3n) is 4.49. The van der Waals surface area contributed by atoms with Crippen LogP contribution in [-0.4, -0.2) is 30.5 Å². The summed E-state index contributed by atoms with van der Waals surface area (Å²) in [5.41, 5.74) is 2.19. The van der Waals surface area contributed by atoms with E-state index in [9.17, 15) is 14.4 Å². The Kier molecular flexibility index (Phi) is 8.59. The van der Waals surface area contributed by atoms with Gasteiger partial charge in [-0.3, -0.25) is 9.59 Å². The van der Waals surface area contributed by atoms with E-state index in [2.05, 4.69) is 19.2 Å². The zero-order valence-electron chi connectivity index (χ0n) is 17.9. The summed E-state index contributed by atoms with van der Waals surface area (Å²) in [6, 6.07) is 14.0. The summed E-state index contributed by atoms with van der Waals surface area (Å²) in [5.74, 6) is -0.162. The summed E-state index contributed by atoms with van der Waals surface area (Å²) >= 11 is 0. The van der Waals surface area contributed by atoms with E-state index in [1.165, 1.54) is 6.92 Å². The van der Waals surface area contributed by atoms with Gasteiger partial charge < -0.3 is 14.8 Å². The van der Waals surface area contributed by atoms with E-state index in [1.807, 2.05) is 19.1 Å². The number of esters is 2. The average molecular weight is 411 g/mol. The molecular weight excluding hydrogens is 382 g/mol. The fourth-order valence-corrected chi connectivity index (χ4v) is 2.87. The second kappa shape index (κ2) is 11.1. The second-order valence-corrected chi connectivity index (χ2v) is 7.71. The summed E-state index contributed by atoms with van der Waals surface area (Å²) < 4.78 is 10.1. The first-order valence-electron chi connectivity index (χ1n) is 10.1. The molecule has 30 heavy (non-hydrogen) atoms. The van der Waals surface area contributed by atoms with Crippen molar-refractivity contribution in [2.45, 2.75) is 46.6 Å². The van der Waals surface area contributed by atoms with Gasteiger partial charge in [0, 0.05) is 13.0 Å². The lowest BCUT2D eigenvalue weighted by atomic mass is 10.0. The zero-order valence-corrected chi connectivity index (χ0v) is 17.9. The van der Waals surface area contributed by atoms with Crippen LogP contribution in [0.15, 0.2) is 48.5 Å². The maximum atomic E-state index is 12.2. The van der Waals surface area contributed by atoms with Gasteiger partial charge in [-0.25, -0.2) is 4.79 Å². The Hall–Kier alpha value is -3.15. The van der Waals surface area contributed by atoms with Crippen molar-refractivity contribution in [1.29, 1.82) is 0 Å². The van der Waals surface area contributed by atoms with Crippen molar-refractivity contribution >= 4 is 17.8 Å². The van der Waals surface area contributed by atoms with Crippen LogP contribution in [0.3, 0.4) is 0 Å². The number of nitrogens with one attached hydrogen (secondary N) is 1. The third-order valence-corrected chi connectivity index (χ3v) is 4.49. The first-order valence-corrected chi connectivity index (χ1v) is 10.1. The van der Waals surface area contributed by atoms with E-state index in [-0.39, 0.29) is 24.5 Å². The predicted molar refractivity (Wildman–Crippen MR) is 115 cm³/mol. The van der Waals surface area contributed by atoms with Crippen molar-refractivity contribution in [2.24, 2.45) is 5.92 Å². The van der Waals surface area contributed by atoms with Crippen LogP contribution in [0.1, 0.15) is 50.9 Å². The molecule has 6 heteroatoms. The summed E-state index contributed by atoms with van der Waals surface area (Å²) in [6.07, 6.45) is 1.92. The van der Waals surface area contributed by atoms with Crippen molar-refractivity contribution in [3.63, 3.8) is 0 Å². The fourth-order valence-electron chi connectivity index (χ4n) is 2.87. The van der Waals surface area contributed by atoms with E-state index >= 15 is 0 Å². The normalized spacial score (nSPS) is 11.6. The molecule has 6 nitrogen and oxygen atoms in total. The van der Waals surface area contributed by atoms with Crippen LogP contribution in [0.4, 0.5) is 0 Å². The fraction of sp³-hybridized carbons (Fsp3) is 0.375. The topological polar surface area (TPSA) is 81.7 Å². The Bertz CT molecular complexity index is 856. The number of carbonyl (C=O) groups excluding carboxylic acids is 3. The number of ether oxygens (including phenoxy) is 2. The molecule has 1 atom stereocenters. The summed E-state index contributed by atoms with van der Waals surface area (Å²) in [4.78, 5) is 35.1. The SMILES string of the molecule is CC(=O)Oc1ccc(-c2ccc(C(=O)OCC(=O)N[C@H](C)CCC(C)C)cc2)cc1. The minimum Gasteiger partial charge on any atom is -0.452 e. The summed E-state index contributed by atoms with van der Waals surface area (Å²) in [7, 11) is 0. The molecule has 0 spiro atoms. The van der Waals surface area contributed by atoms with Gasteiger partial charge in [-0.2, -0.15) is 0 Å². The van der Waals surface area contributed by atoms with Crippen LogP contribution in [0.2, 0.25) is 0 Å². The zero-order chi connectivity index (χ0) is 22.1. The van der Waals surface area contributed by atoms with Gasteiger partial charge in [-0.1, -0.05) is 38.1 Å². The lowest BCUT2D eigenvalue weighted by Gasteiger charge is -2.15. The highest BCUT2D eigenvalue weighted by Gasteiger charge is 2.13. The molecule has 0 aliphatic carbocycles. The Balaban J connectivity index is 1.86. The smallest absolute Gasteiger partial charge is 0.338 e. The van der Waals surface area contributed by atoms with Crippen molar-refractivity contribution in [1.82, 2.24) is 5.32 Å². The monoisotopic (exact) mass is 411 g/mol. The van der Waals surface area contributed by atoms with Gasteiger partial charge in [-0.15, -0.1) is 0 Å². The maximum Gasteiger partial charge on any atom is 0.338 e. The quantitative estimate of drug-likeness (QED) is 0.489. The van der Waals surface area contributed by atoms with E-state index < -0.39 is 5.97 Å². The minimum absolute atomic E-state index is 0.0464. The number of hydrogen-bond acceptors (Lipinski definition) is 5. The van der Waals surface area contributed by atoms with Crippen LogP contribution in [0, 0.1) is 5.92 Å². The maximum absolute atomic E-state index is 12.2. The molecule has 0 aromatic heterocycles. The van der Waals surface area contributed by atoms with Gasteiger partial charge in [0.15, 0.2) is 6.61 Å². The molecule has 2 aromatic carbocycles. The predicted octanol–water partition coefficient (Wildman–Crippen LogP) is 4.38. The average Bonchev–Trinajstić information content (AvgIpc) is 2.71. The molecule has 0 saturated heterocycles. The van der Waals surface area contributed by atoms with Gasteiger partial charge in [0.05, 0.1) is 5.56 Å². The number of carbonyl (C=O) groups is 3. The van der Waals surface area contributed by atoms with Crippen LogP contribution in [0.25, 0.3) is 11.1 Å². The molecular formula is C24H29NO5. The number of benzene rings is 2. The highest BCUT2D eigenvalue weighted by Crippen LogP contribution is 2.23. The highest BCUT2D eigenvalue weighted by molar-refractivity contribution is 5.92. The van der Waals surface area contributed by atoms with Gasteiger partial charge in [-0.05, 0) is 61.1 Å². The Morgan fingerprint density at radius 1 is 0.867 bits per heavy atom. The molecule has 0 fully saturated rings. The van der Waals surface area contributed by atoms with Gasteiger partial charge in [0.25, 0.3) is 5.91 Å². The first-order chi connectivity index (χ1) is 14.2. The molecule has 0 heterocycles. The van der Waals surface area contributed by atoms with Crippen LogP contribution < -0.4 is 10.1 Å². The van der Waals surface area contributed by atoms with Crippen LogP contribution in [-0.2, 0) is 14.3 Å². The molecule has 0 radical (unpaired) electrons. The van der Waals surface area contributed by atoms with E-state index in [0.29, 0.717) is 17.2 Å². The molecule has 160 valence electrons. The number of amides is 1. The standard InChI is InChI=1S/C24H29NO5/c1-16(2)5-6-17(3)25-23(27)15-29-24(28)21-9-7-19(8-10-21)20-11-13-22(14-12-20)30-18(4)26/h7-14,16-17H,5-6,15H2,1-4H3,(H,25,27)/t17-/m1/s1. The van der Waals surface area contributed by atoms with Crippen molar-refractivity contribution in [3.05, 3.63) is 54.1 Å². The minimum atomic E-state index is -0.545. The molecule has 0 aliphatic rings. The van der Waals surface area contributed by atoms with E-state index in [1.54, 1.807) is 36.4 Å². The second-order valence-electron chi connectivity index (χ2n) is 7.71. The van der Waals surface area contributed by atoms with Gasteiger partial charge in [0.1, 0.15) is 5.75 Å². The van der Waals surface area contributed by atoms with Crippen molar-refractivity contribution in [3.8, 4) is 16.9 Å². The number of hydrogen-bond donors (Lipinski definition) is 1. The lowest BCUT2D eigenvalue weighted by Crippen LogP contribution is -2.36. The first kappa shape index (κ1) is 23.1. The molecule has 1 amide bonds. The van der Waals surface area contributed by atoms with Crippen molar-refractivity contribution < 1.29 is 23.9 Å². The summed E-state index contributed by atoms with van der Waals surface area (Å²) in [6.45, 7) is 7.27. The van der Waals surface area contributed by atoms with Crippen LogP contribution >= 0.6 is 0 Å². The largest absolute Gasteiger partial charge is 0.452 e. The Morgan fingerprint density at radius 3 is 1.97 bits per heavy atom. The Morgan fingerprint density at radius 2 is 1.43 bits per heavy atom. The third kappa shape index (κ3) is 7.70. The molecule has 0 saturated carbocycles. The molecule has 2 aromatic rings. The van der Waals surface area contributed by atoms with Crippen LogP contribution in [0.5, 0.6) is 5.75 Å². The molecule has 0 bridgehead atoms. The van der Waals surface area contributed by atoms with Crippen molar-refractivity contribution in [2.75, 3.05) is 6.61 Å². The van der Waals surface area contributed by atoms with E-state index in [4.69, 9.17) is 9.47 Å². The Labute approximate surface area is 177 Å². The molecule has 2 rings (SSSR count). The van der Waals surface area contributed by atoms with Gasteiger partial charge >= 0.3 is 11.9 Å². The highest BCUT2D eigenvalue weighted by atomic mass is 16.5. The van der Waals surface area contributed by atoms with E-state index in [0.717, 1.165) is 24.0 Å². The van der Waals surface area contributed by atoms with Gasteiger partial charge in [0.2, 0.25) is 0 Å².